The van der Waals surface area contributed by atoms with E-state index in [2.05, 4.69) is 10.5 Å². The predicted octanol–water partition coefficient (Wildman–Crippen LogP) is 0.0858. The first-order chi connectivity index (χ1) is 8.39. The zero-order valence-corrected chi connectivity index (χ0v) is 11.3. The van der Waals surface area contributed by atoms with Crippen molar-refractivity contribution in [2.75, 3.05) is 19.6 Å². The van der Waals surface area contributed by atoms with Gasteiger partial charge in [-0.3, -0.25) is 9.59 Å². The standard InChI is InChI=1S/C12H22N4O2/c1-4-16(8-12(2,3)7-13)11(18)9-5-6-10(17)15-14-9/h4-8,13H2,1-3H3,(H,15,17). The average molecular weight is 254 g/mol. The molecule has 0 spiro atoms. The largest absolute Gasteiger partial charge is 0.337 e. The van der Waals surface area contributed by atoms with Crippen LogP contribution in [0.15, 0.2) is 5.10 Å². The molecule has 6 heteroatoms. The minimum atomic E-state index is -0.142. The van der Waals surface area contributed by atoms with Crippen LogP contribution in [0.25, 0.3) is 0 Å². The van der Waals surface area contributed by atoms with Crippen LogP contribution in [-0.4, -0.2) is 42.1 Å². The fourth-order valence-corrected chi connectivity index (χ4v) is 1.72. The van der Waals surface area contributed by atoms with Crippen LogP contribution in [0.3, 0.4) is 0 Å². The van der Waals surface area contributed by atoms with E-state index in [0.29, 0.717) is 38.2 Å². The monoisotopic (exact) mass is 254 g/mol. The van der Waals surface area contributed by atoms with E-state index >= 15 is 0 Å². The maximum atomic E-state index is 12.2. The summed E-state index contributed by atoms with van der Waals surface area (Å²) in [6, 6.07) is 0. The molecule has 0 atom stereocenters. The van der Waals surface area contributed by atoms with Crippen molar-refractivity contribution in [1.29, 1.82) is 0 Å². The van der Waals surface area contributed by atoms with Gasteiger partial charge in [-0.1, -0.05) is 13.8 Å². The second-order valence-corrected chi connectivity index (χ2v) is 5.28. The number of amides is 2. The molecule has 18 heavy (non-hydrogen) atoms. The van der Waals surface area contributed by atoms with Crippen LogP contribution in [0.1, 0.15) is 33.6 Å². The summed E-state index contributed by atoms with van der Waals surface area (Å²) >= 11 is 0. The average Bonchev–Trinajstić information content (AvgIpc) is 2.36. The third-order valence-corrected chi connectivity index (χ3v) is 2.99. The van der Waals surface area contributed by atoms with Gasteiger partial charge in [0.05, 0.1) is 0 Å². The molecule has 0 saturated heterocycles. The highest BCUT2D eigenvalue weighted by Gasteiger charge is 2.27. The van der Waals surface area contributed by atoms with Crippen molar-refractivity contribution in [3.8, 4) is 0 Å². The SMILES string of the molecule is CCN(CC(C)(C)CN)C(=O)C1=NNC(=O)CC1. The molecule has 0 bridgehead atoms. The zero-order valence-electron chi connectivity index (χ0n) is 11.3. The lowest BCUT2D eigenvalue weighted by Gasteiger charge is -2.31. The normalized spacial score (nSPS) is 16.0. The molecule has 0 fully saturated rings. The van der Waals surface area contributed by atoms with Crippen LogP contribution in [0, 0.1) is 5.41 Å². The summed E-state index contributed by atoms with van der Waals surface area (Å²) in [5.74, 6) is -0.254. The summed E-state index contributed by atoms with van der Waals surface area (Å²) in [6.07, 6.45) is 0.729. The van der Waals surface area contributed by atoms with Gasteiger partial charge < -0.3 is 10.6 Å². The Kier molecular flexibility index (Phi) is 4.84. The smallest absolute Gasteiger partial charge is 0.270 e. The first-order valence-corrected chi connectivity index (χ1v) is 6.24. The fraction of sp³-hybridized carbons (Fsp3) is 0.750. The molecule has 1 heterocycles. The molecular weight excluding hydrogens is 232 g/mol. The Labute approximate surface area is 108 Å². The second-order valence-electron chi connectivity index (χ2n) is 5.28. The first kappa shape index (κ1) is 14.6. The molecule has 2 amide bonds. The highest BCUT2D eigenvalue weighted by atomic mass is 16.2. The molecule has 1 rings (SSSR count). The third kappa shape index (κ3) is 3.80. The lowest BCUT2D eigenvalue weighted by atomic mass is 9.93. The summed E-state index contributed by atoms with van der Waals surface area (Å²) in [5, 5.41) is 3.83. The van der Waals surface area contributed by atoms with Gasteiger partial charge in [0, 0.05) is 25.9 Å². The molecule has 6 nitrogen and oxygen atoms in total. The molecule has 0 saturated carbocycles. The van der Waals surface area contributed by atoms with E-state index in [-0.39, 0.29) is 17.2 Å². The maximum Gasteiger partial charge on any atom is 0.270 e. The molecule has 0 aliphatic carbocycles. The zero-order chi connectivity index (χ0) is 13.8. The van der Waals surface area contributed by atoms with Gasteiger partial charge in [-0.05, 0) is 18.9 Å². The molecule has 3 N–H and O–H groups in total. The van der Waals surface area contributed by atoms with E-state index < -0.39 is 0 Å². The molecule has 0 radical (unpaired) electrons. The Balaban J connectivity index is 2.71. The van der Waals surface area contributed by atoms with Crippen LogP contribution < -0.4 is 11.2 Å². The molecule has 1 aliphatic rings. The Hall–Kier alpha value is -1.43. The lowest BCUT2D eigenvalue weighted by molar-refractivity contribution is -0.125. The number of carbonyl (C=O) groups is 2. The van der Waals surface area contributed by atoms with Gasteiger partial charge in [-0.2, -0.15) is 5.10 Å². The number of carbonyl (C=O) groups excluding carboxylic acids is 2. The number of rotatable bonds is 5. The van der Waals surface area contributed by atoms with Crippen molar-refractivity contribution in [1.82, 2.24) is 10.3 Å². The minimum absolute atomic E-state index is 0.112. The van der Waals surface area contributed by atoms with Gasteiger partial charge in [0.1, 0.15) is 5.71 Å². The Morgan fingerprint density at radius 1 is 1.50 bits per heavy atom. The van der Waals surface area contributed by atoms with Crippen molar-refractivity contribution in [2.24, 2.45) is 16.3 Å². The molecule has 102 valence electrons. The molecule has 0 aromatic carbocycles. The summed E-state index contributed by atoms with van der Waals surface area (Å²) < 4.78 is 0. The number of nitrogens with zero attached hydrogens (tertiary/aromatic N) is 2. The predicted molar refractivity (Wildman–Crippen MR) is 69.9 cm³/mol. The highest BCUT2D eigenvalue weighted by molar-refractivity contribution is 6.39. The van der Waals surface area contributed by atoms with E-state index in [9.17, 15) is 9.59 Å². The van der Waals surface area contributed by atoms with Crippen LogP contribution in [0.2, 0.25) is 0 Å². The number of nitrogens with two attached hydrogens (primary N) is 1. The van der Waals surface area contributed by atoms with Gasteiger partial charge in [-0.15, -0.1) is 0 Å². The van der Waals surface area contributed by atoms with Gasteiger partial charge in [0.15, 0.2) is 0 Å². The second kappa shape index (κ2) is 5.95. The van der Waals surface area contributed by atoms with Crippen LogP contribution in [0.4, 0.5) is 0 Å². The Morgan fingerprint density at radius 3 is 2.61 bits per heavy atom. The topological polar surface area (TPSA) is 87.8 Å². The van der Waals surface area contributed by atoms with Crippen LogP contribution in [-0.2, 0) is 9.59 Å². The quantitative estimate of drug-likeness (QED) is 0.728. The number of hydrazone groups is 1. The molecule has 0 unspecified atom stereocenters. The Bertz CT molecular complexity index is 363. The van der Waals surface area contributed by atoms with Gasteiger partial charge in [-0.25, -0.2) is 5.43 Å². The summed E-state index contributed by atoms with van der Waals surface area (Å²) in [7, 11) is 0. The summed E-state index contributed by atoms with van der Waals surface area (Å²) in [6.45, 7) is 7.67. The van der Waals surface area contributed by atoms with E-state index in [4.69, 9.17) is 5.73 Å². The first-order valence-electron chi connectivity index (χ1n) is 6.24. The molecule has 0 aromatic heterocycles. The van der Waals surface area contributed by atoms with E-state index in [0.717, 1.165) is 0 Å². The van der Waals surface area contributed by atoms with Gasteiger partial charge in [0.2, 0.25) is 5.91 Å². The molecule has 1 aliphatic heterocycles. The lowest BCUT2D eigenvalue weighted by Crippen LogP contribution is -2.46. The van der Waals surface area contributed by atoms with Gasteiger partial charge >= 0.3 is 0 Å². The van der Waals surface area contributed by atoms with E-state index in [1.807, 2.05) is 20.8 Å². The third-order valence-electron chi connectivity index (χ3n) is 2.99. The highest BCUT2D eigenvalue weighted by Crippen LogP contribution is 2.16. The van der Waals surface area contributed by atoms with Crippen LogP contribution >= 0.6 is 0 Å². The molecular formula is C12H22N4O2. The van der Waals surface area contributed by atoms with Crippen molar-refractivity contribution in [2.45, 2.75) is 33.6 Å². The Morgan fingerprint density at radius 2 is 2.17 bits per heavy atom. The van der Waals surface area contributed by atoms with Crippen molar-refractivity contribution < 1.29 is 9.59 Å². The van der Waals surface area contributed by atoms with Crippen molar-refractivity contribution in [3.63, 3.8) is 0 Å². The van der Waals surface area contributed by atoms with Crippen molar-refractivity contribution >= 4 is 17.5 Å². The minimum Gasteiger partial charge on any atom is -0.337 e. The van der Waals surface area contributed by atoms with E-state index in [1.165, 1.54) is 0 Å². The van der Waals surface area contributed by atoms with Crippen LogP contribution in [0.5, 0.6) is 0 Å². The van der Waals surface area contributed by atoms with Gasteiger partial charge in [0.25, 0.3) is 5.91 Å². The fourth-order valence-electron chi connectivity index (χ4n) is 1.72. The maximum absolute atomic E-state index is 12.2. The van der Waals surface area contributed by atoms with Crippen molar-refractivity contribution in [3.05, 3.63) is 0 Å². The number of hydrogen-bond acceptors (Lipinski definition) is 4. The number of hydrogen-bond donors (Lipinski definition) is 2. The molecule has 0 aromatic rings. The summed E-state index contributed by atoms with van der Waals surface area (Å²) in [5.41, 5.74) is 8.33. The summed E-state index contributed by atoms with van der Waals surface area (Å²) in [4.78, 5) is 24.9. The number of nitrogens with one attached hydrogen (secondary N) is 1. The van der Waals surface area contributed by atoms with E-state index in [1.54, 1.807) is 4.90 Å².